The minimum atomic E-state index is -2.89. The number of hydrogen-bond acceptors (Lipinski definition) is 1. The van der Waals surface area contributed by atoms with Crippen molar-refractivity contribution in [2.75, 3.05) is 7.05 Å². The molecule has 0 heterocycles. The standard InChI is InChI=1S/C8H15F2NO/c1-5(2)6(3)11(4)8(12)7(9)10/h5-7H,1-4H3. The Hall–Kier alpha value is -0.670. The lowest BCUT2D eigenvalue weighted by Gasteiger charge is -2.27. The molecule has 0 aromatic carbocycles. The van der Waals surface area contributed by atoms with Gasteiger partial charge < -0.3 is 4.90 Å². The highest BCUT2D eigenvalue weighted by Gasteiger charge is 2.25. The molecule has 0 aromatic rings. The molecule has 0 aliphatic carbocycles. The third-order valence-electron chi connectivity index (χ3n) is 2.11. The van der Waals surface area contributed by atoms with E-state index < -0.39 is 12.3 Å². The average molecular weight is 179 g/mol. The number of rotatable bonds is 3. The third-order valence-corrected chi connectivity index (χ3v) is 2.11. The molecule has 1 unspecified atom stereocenters. The highest BCUT2D eigenvalue weighted by molar-refractivity contribution is 5.79. The van der Waals surface area contributed by atoms with Crippen LogP contribution in [0, 0.1) is 5.92 Å². The van der Waals surface area contributed by atoms with Gasteiger partial charge in [0.2, 0.25) is 0 Å². The number of halogens is 2. The van der Waals surface area contributed by atoms with Gasteiger partial charge in [-0.15, -0.1) is 0 Å². The number of hydrogen-bond donors (Lipinski definition) is 0. The van der Waals surface area contributed by atoms with Gasteiger partial charge in [-0.3, -0.25) is 4.79 Å². The molecule has 0 rings (SSSR count). The molecule has 0 fully saturated rings. The van der Waals surface area contributed by atoms with Gasteiger partial charge >= 0.3 is 6.43 Å². The van der Waals surface area contributed by atoms with Gasteiger partial charge in [-0.25, -0.2) is 0 Å². The van der Waals surface area contributed by atoms with Crippen molar-refractivity contribution >= 4 is 5.91 Å². The first-order chi connectivity index (χ1) is 5.37. The predicted octanol–water partition coefficient (Wildman–Crippen LogP) is 1.75. The lowest BCUT2D eigenvalue weighted by atomic mass is 10.1. The van der Waals surface area contributed by atoms with E-state index in [2.05, 4.69) is 0 Å². The lowest BCUT2D eigenvalue weighted by Crippen LogP contribution is -2.41. The van der Waals surface area contributed by atoms with Crippen LogP contribution >= 0.6 is 0 Å². The fourth-order valence-electron chi connectivity index (χ4n) is 0.802. The average Bonchev–Trinajstić information content (AvgIpc) is 2.00. The molecule has 1 amide bonds. The summed E-state index contributed by atoms with van der Waals surface area (Å²) in [4.78, 5) is 11.9. The van der Waals surface area contributed by atoms with Gasteiger partial charge in [0.1, 0.15) is 0 Å². The van der Waals surface area contributed by atoms with Crippen LogP contribution in [-0.2, 0) is 4.79 Å². The Morgan fingerprint density at radius 1 is 1.25 bits per heavy atom. The van der Waals surface area contributed by atoms with E-state index in [9.17, 15) is 13.6 Å². The highest BCUT2D eigenvalue weighted by atomic mass is 19.3. The lowest BCUT2D eigenvalue weighted by molar-refractivity contribution is -0.144. The summed E-state index contributed by atoms with van der Waals surface area (Å²) in [5.74, 6) is -0.908. The molecule has 1 atom stereocenters. The van der Waals surface area contributed by atoms with Crippen LogP contribution < -0.4 is 0 Å². The molecule has 2 nitrogen and oxygen atoms in total. The second kappa shape index (κ2) is 4.38. The van der Waals surface area contributed by atoms with Crippen molar-refractivity contribution in [3.05, 3.63) is 0 Å². The molecule has 0 saturated carbocycles. The molecule has 0 saturated heterocycles. The van der Waals surface area contributed by atoms with E-state index >= 15 is 0 Å². The summed E-state index contributed by atoms with van der Waals surface area (Å²) in [6.07, 6.45) is -2.89. The fraction of sp³-hybridized carbons (Fsp3) is 0.875. The Kier molecular flexibility index (Phi) is 4.13. The normalized spacial score (nSPS) is 13.7. The van der Waals surface area contributed by atoms with E-state index in [0.29, 0.717) is 0 Å². The second-order valence-electron chi connectivity index (χ2n) is 3.23. The van der Waals surface area contributed by atoms with Crippen LogP contribution in [0.4, 0.5) is 8.78 Å². The molecule has 0 radical (unpaired) electrons. The second-order valence-corrected chi connectivity index (χ2v) is 3.23. The molecule has 0 aliphatic rings. The summed E-state index contributed by atoms with van der Waals surface area (Å²) in [6, 6.07) is -0.147. The smallest absolute Gasteiger partial charge is 0.315 e. The van der Waals surface area contributed by atoms with Gasteiger partial charge in [0.15, 0.2) is 0 Å². The molecule has 0 aromatic heterocycles. The van der Waals surface area contributed by atoms with Crippen LogP contribution in [0.25, 0.3) is 0 Å². The van der Waals surface area contributed by atoms with Crippen molar-refractivity contribution in [2.45, 2.75) is 33.2 Å². The van der Waals surface area contributed by atoms with E-state index in [1.54, 1.807) is 6.92 Å². The molecular weight excluding hydrogens is 164 g/mol. The SMILES string of the molecule is CC(C)C(C)N(C)C(=O)C(F)F. The zero-order valence-electron chi connectivity index (χ0n) is 7.84. The zero-order chi connectivity index (χ0) is 9.89. The van der Waals surface area contributed by atoms with Gasteiger partial charge in [0, 0.05) is 13.1 Å². The Balaban J connectivity index is 4.19. The summed E-state index contributed by atoms with van der Waals surface area (Å²) < 4.78 is 23.8. The molecule has 4 heteroatoms. The summed E-state index contributed by atoms with van der Waals surface area (Å²) in [5, 5.41) is 0. The van der Waals surface area contributed by atoms with Crippen LogP contribution in [0.3, 0.4) is 0 Å². The summed E-state index contributed by atoms with van der Waals surface area (Å²) in [7, 11) is 1.40. The van der Waals surface area contributed by atoms with E-state index in [4.69, 9.17) is 0 Å². The van der Waals surface area contributed by atoms with E-state index in [0.717, 1.165) is 4.90 Å². The maximum Gasteiger partial charge on any atom is 0.315 e. The minimum Gasteiger partial charge on any atom is -0.338 e. The van der Waals surface area contributed by atoms with Crippen molar-refractivity contribution in [1.29, 1.82) is 0 Å². The Morgan fingerprint density at radius 2 is 1.67 bits per heavy atom. The largest absolute Gasteiger partial charge is 0.338 e. The van der Waals surface area contributed by atoms with E-state index in [-0.39, 0.29) is 12.0 Å². The fourth-order valence-corrected chi connectivity index (χ4v) is 0.802. The maximum absolute atomic E-state index is 11.9. The summed E-state index contributed by atoms with van der Waals surface area (Å²) in [5.41, 5.74) is 0. The Morgan fingerprint density at radius 3 is 1.92 bits per heavy atom. The molecular formula is C8H15F2NO. The van der Waals surface area contributed by atoms with E-state index in [1.807, 2.05) is 13.8 Å². The Labute approximate surface area is 71.5 Å². The predicted molar refractivity (Wildman–Crippen MR) is 43.1 cm³/mol. The summed E-state index contributed by atoms with van der Waals surface area (Å²) >= 11 is 0. The van der Waals surface area contributed by atoms with Crippen molar-refractivity contribution in [3.8, 4) is 0 Å². The molecule has 0 aliphatic heterocycles. The van der Waals surface area contributed by atoms with Crippen molar-refractivity contribution in [1.82, 2.24) is 4.90 Å². The zero-order valence-corrected chi connectivity index (χ0v) is 7.84. The highest BCUT2D eigenvalue weighted by Crippen LogP contribution is 2.10. The van der Waals surface area contributed by atoms with Gasteiger partial charge in [-0.2, -0.15) is 8.78 Å². The molecule has 0 spiro atoms. The third kappa shape index (κ3) is 2.75. The topological polar surface area (TPSA) is 20.3 Å². The molecule has 0 N–H and O–H groups in total. The van der Waals surface area contributed by atoms with Gasteiger partial charge in [0.25, 0.3) is 5.91 Å². The van der Waals surface area contributed by atoms with Crippen LogP contribution in [0.2, 0.25) is 0 Å². The monoisotopic (exact) mass is 179 g/mol. The number of carbonyl (C=O) groups excluding carboxylic acids is 1. The van der Waals surface area contributed by atoms with Crippen molar-refractivity contribution < 1.29 is 13.6 Å². The van der Waals surface area contributed by atoms with Crippen LogP contribution in [0.5, 0.6) is 0 Å². The number of carbonyl (C=O) groups is 1. The molecule has 12 heavy (non-hydrogen) atoms. The first kappa shape index (κ1) is 11.3. The minimum absolute atomic E-state index is 0.147. The molecule has 0 bridgehead atoms. The first-order valence-corrected chi connectivity index (χ1v) is 3.92. The van der Waals surface area contributed by atoms with Crippen molar-refractivity contribution in [2.24, 2.45) is 5.92 Å². The summed E-state index contributed by atoms with van der Waals surface area (Å²) in [6.45, 7) is 5.53. The number of nitrogens with zero attached hydrogens (tertiary/aromatic N) is 1. The van der Waals surface area contributed by atoms with Crippen LogP contribution in [0.1, 0.15) is 20.8 Å². The Bertz CT molecular complexity index is 159. The van der Waals surface area contributed by atoms with Crippen LogP contribution in [-0.4, -0.2) is 30.3 Å². The maximum atomic E-state index is 11.9. The van der Waals surface area contributed by atoms with Crippen LogP contribution in [0.15, 0.2) is 0 Å². The first-order valence-electron chi connectivity index (χ1n) is 3.92. The number of amides is 1. The van der Waals surface area contributed by atoms with Gasteiger partial charge in [0.05, 0.1) is 0 Å². The van der Waals surface area contributed by atoms with Gasteiger partial charge in [-0.05, 0) is 12.8 Å². The quantitative estimate of drug-likeness (QED) is 0.646. The molecule has 72 valence electrons. The van der Waals surface area contributed by atoms with Crippen molar-refractivity contribution in [3.63, 3.8) is 0 Å². The van der Waals surface area contributed by atoms with Gasteiger partial charge in [-0.1, -0.05) is 13.8 Å². The number of alkyl halides is 2. The van der Waals surface area contributed by atoms with E-state index in [1.165, 1.54) is 7.05 Å².